The highest BCUT2D eigenvalue weighted by Gasteiger charge is 2.44. The van der Waals surface area contributed by atoms with Crippen LogP contribution in [0.25, 0.3) is 0 Å². The van der Waals surface area contributed by atoms with Crippen molar-refractivity contribution in [2.75, 3.05) is 7.11 Å². The predicted octanol–water partition coefficient (Wildman–Crippen LogP) is 2.49. The van der Waals surface area contributed by atoms with Crippen LogP contribution in [0.3, 0.4) is 0 Å². The minimum atomic E-state index is -0.665. The van der Waals surface area contributed by atoms with Gasteiger partial charge in [0.25, 0.3) is 0 Å². The summed E-state index contributed by atoms with van der Waals surface area (Å²) in [6, 6.07) is 7.66. The standard InChI is InChI=1S/C13H16O3/c1-16-11-5-2-4-10(8-11)9-13(12(14)15)6-3-7-13/h2,4-5,8H,3,6-7,9H2,1H3,(H,14,15). The Hall–Kier alpha value is -1.51. The summed E-state index contributed by atoms with van der Waals surface area (Å²) in [6.45, 7) is 0. The monoisotopic (exact) mass is 220 g/mol. The first kappa shape index (κ1) is 11.0. The lowest BCUT2D eigenvalue weighted by Gasteiger charge is -2.37. The number of methoxy groups -OCH3 is 1. The summed E-state index contributed by atoms with van der Waals surface area (Å²) >= 11 is 0. The molecule has 0 unspecified atom stereocenters. The zero-order chi connectivity index (χ0) is 11.6. The van der Waals surface area contributed by atoms with Crippen molar-refractivity contribution in [3.63, 3.8) is 0 Å². The van der Waals surface area contributed by atoms with Gasteiger partial charge in [-0.1, -0.05) is 18.6 Å². The van der Waals surface area contributed by atoms with Crippen molar-refractivity contribution in [2.24, 2.45) is 5.41 Å². The van der Waals surface area contributed by atoms with E-state index in [1.54, 1.807) is 7.11 Å². The van der Waals surface area contributed by atoms with Gasteiger partial charge in [0, 0.05) is 0 Å². The molecule has 3 heteroatoms. The number of ether oxygens (including phenoxy) is 1. The highest BCUT2D eigenvalue weighted by molar-refractivity contribution is 5.76. The fourth-order valence-corrected chi connectivity index (χ4v) is 2.24. The summed E-state index contributed by atoms with van der Waals surface area (Å²) in [7, 11) is 1.62. The van der Waals surface area contributed by atoms with Crippen LogP contribution in [0.2, 0.25) is 0 Å². The second kappa shape index (κ2) is 4.16. The van der Waals surface area contributed by atoms with E-state index in [-0.39, 0.29) is 0 Å². The van der Waals surface area contributed by atoms with E-state index in [1.165, 1.54) is 0 Å². The molecule has 16 heavy (non-hydrogen) atoms. The van der Waals surface area contributed by atoms with Crippen LogP contribution in [0, 0.1) is 5.41 Å². The van der Waals surface area contributed by atoms with Gasteiger partial charge in [-0.3, -0.25) is 4.79 Å². The van der Waals surface area contributed by atoms with Crippen LogP contribution in [-0.2, 0) is 11.2 Å². The molecule has 0 heterocycles. The van der Waals surface area contributed by atoms with E-state index < -0.39 is 11.4 Å². The van der Waals surface area contributed by atoms with E-state index in [4.69, 9.17) is 4.74 Å². The summed E-state index contributed by atoms with van der Waals surface area (Å²) in [5.74, 6) is 0.124. The molecule has 0 aromatic heterocycles. The molecule has 0 aliphatic heterocycles. The van der Waals surface area contributed by atoms with Crippen LogP contribution >= 0.6 is 0 Å². The maximum Gasteiger partial charge on any atom is 0.309 e. The molecule has 1 aromatic carbocycles. The van der Waals surface area contributed by atoms with Crippen molar-refractivity contribution in [2.45, 2.75) is 25.7 Å². The number of hydrogen-bond donors (Lipinski definition) is 1. The summed E-state index contributed by atoms with van der Waals surface area (Å²) in [4.78, 5) is 11.2. The second-order valence-corrected chi connectivity index (χ2v) is 4.47. The molecule has 0 atom stereocenters. The Morgan fingerprint density at radius 2 is 2.25 bits per heavy atom. The first-order valence-electron chi connectivity index (χ1n) is 5.53. The lowest BCUT2D eigenvalue weighted by atomic mass is 9.65. The Kier molecular flexibility index (Phi) is 2.86. The van der Waals surface area contributed by atoms with Crippen LogP contribution in [0.1, 0.15) is 24.8 Å². The number of carboxylic acids is 1. The predicted molar refractivity (Wildman–Crippen MR) is 60.6 cm³/mol. The third kappa shape index (κ3) is 1.90. The lowest BCUT2D eigenvalue weighted by Crippen LogP contribution is -2.39. The molecule has 1 aliphatic rings. The molecule has 1 saturated carbocycles. The van der Waals surface area contributed by atoms with Gasteiger partial charge in [0.2, 0.25) is 0 Å². The zero-order valence-corrected chi connectivity index (χ0v) is 9.40. The largest absolute Gasteiger partial charge is 0.497 e. The van der Waals surface area contributed by atoms with Gasteiger partial charge in [-0.25, -0.2) is 0 Å². The van der Waals surface area contributed by atoms with Crippen molar-refractivity contribution in [3.05, 3.63) is 29.8 Å². The number of rotatable bonds is 4. The Morgan fingerprint density at radius 1 is 1.50 bits per heavy atom. The molecule has 1 fully saturated rings. The van der Waals surface area contributed by atoms with Gasteiger partial charge in [0.1, 0.15) is 5.75 Å². The van der Waals surface area contributed by atoms with E-state index in [1.807, 2.05) is 24.3 Å². The summed E-state index contributed by atoms with van der Waals surface area (Å²) in [5.41, 5.74) is 0.522. The van der Waals surface area contributed by atoms with Crippen molar-refractivity contribution in [1.29, 1.82) is 0 Å². The van der Waals surface area contributed by atoms with Crippen molar-refractivity contribution >= 4 is 5.97 Å². The van der Waals surface area contributed by atoms with Crippen molar-refractivity contribution < 1.29 is 14.6 Å². The topological polar surface area (TPSA) is 46.5 Å². The molecule has 0 saturated heterocycles. The first-order valence-corrected chi connectivity index (χ1v) is 5.53. The van der Waals surface area contributed by atoms with Gasteiger partial charge in [0.05, 0.1) is 12.5 Å². The van der Waals surface area contributed by atoms with Crippen LogP contribution in [0.4, 0.5) is 0 Å². The molecular formula is C13H16O3. The molecule has 0 bridgehead atoms. The summed E-state index contributed by atoms with van der Waals surface area (Å²) in [5, 5.41) is 9.24. The van der Waals surface area contributed by atoms with Gasteiger partial charge < -0.3 is 9.84 Å². The highest BCUT2D eigenvalue weighted by Crippen LogP contribution is 2.44. The summed E-state index contributed by atoms with van der Waals surface area (Å²) in [6.07, 6.45) is 3.22. The van der Waals surface area contributed by atoms with E-state index in [2.05, 4.69) is 0 Å². The Balaban J connectivity index is 2.16. The van der Waals surface area contributed by atoms with E-state index in [9.17, 15) is 9.90 Å². The molecule has 0 spiro atoms. The number of carbonyl (C=O) groups is 1. The molecule has 1 aromatic rings. The minimum absolute atomic E-state index is 0.521. The minimum Gasteiger partial charge on any atom is -0.497 e. The van der Waals surface area contributed by atoms with E-state index in [0.717, 1.165) is 30.6 Å². The maximum atomic E-state index is 11.2. The van der Waals surface area contributed by atoms with Crippen molar-refractivity contribution in [3.8, 4) is 5.75 Å². The molecule has 3 nitrogen and oxygen atoms in total. The lowest BCUT2D eigenvalue weighted by molar-refractivity contribution is -0.154. The van der Waals surface area contributed by atoms with Crippen LogP contribution in [0.15, 0.2) is 24.3 Å². The summed E-state index contributed by atoms with van der Waals surface area (Å²) < 4.78 is 5.13. The Morgan fingerprint density at radius 3 is 2.75 bits per heavy atom. The number of hydrogen-bond acceptors (Lipinski definition) is 2. The third-order valence-electron chi connectivity index (χ3n) is 3.44. The fraction of sp³-hybridized carbons (Fsp3) is 0.462. The van der Waals surface area contributed by atoms with Gasteiger partial charge in [-0.15, -0.1) is 0 Å². The molecule has 2 rings (SSSR count). The van der Waals surface area contributed by atoms with Crippen LogP contribution in [-0.4, -0.2) is 18.2 Å². The molecule has 86 valence electrons. The molecule has 1 aliphatic carbocycles. The van der Waals surface area contributed by atoms with E-state index >= 15 is 0 Å². The normalized spacial score (nSPS) is 17.6. The fourth-order valence-electron chi connectivity index (χ4n) is 2.24. The smallest absolute Gasteiger partial charge is 0.309 e. The second-order valence-electron chi connectivity index (χ2n) is 4.47. The van der Waals surface area contributed by atoms with Gasteiger partial charge in [-0.05, 0) is 37.0 Å². The highest BCUT2D eigenvalue weighted by atomic mass is 16.5. The van der Waals surface area contributed by atoms with Crippen LogP contribution < -0.4 is 4.74 Å². The van der Waals surface area contributed by atoms with Crippen LogP contribution in [0.5, 0.6) is 5.75 Å². The number of benzene rings is 1. The molecular weight excluding hydrogens is 204 g/mol. The van der Waals surface area contributed by atoms with E-state index in [0.29, 0.717) is 6.42 Å². The Labute approximate surface area is 95.0 Å². The Bertz CT molecular complexity index is 394. The molecule has 0 radical (unpaired) electrons. The third-order valence-corrected chi connectivity index (χ3v) is 3.44. The average molecular weight is 220 g/mol. The quantitative estimate of drug-likeness (QED) is 0.848. The maximum absolute atomic E-state index is 11.2. The number of carboxylic acid groups (broad SMARTS) is 1. The SMILES string of the molecule is COc1cccc(CC2(C(=O)O)CCC2)c1. The average Bonchev–Trinajstić information content (AvgIpc) is 2.23. The zero-order valence-electron chi connectivity index (χ0n) is 9.40. The van der Waals surface area contributed by atoms with Crippen molar-refractivity contribution in [1.82, 2.24) is 0 Å². The molecule has 1 N–H and O–H groups in total. The number of aliphatic carboxylic acids is 1. The molecule has 0 amide bonds. The van der Waals surface area contributed by atoms with Gasteiger partial charge in [0.15, 0.2) is 0 Å². The first-order chi connectivity index (χ1) is 7.66. The van der Waals surface area contributed by atoms with Gasteiger partial charge in [-0.2, -0.15) is 0 Å². The van der Waals surface area contributed by atoms with Gasteiger partial charge >= 0.3 is 5.97 Å².